The van der Waals surface area contributed by atoms with E-state index in [0.717, 1.165) is 27.9 Å². The first-order valence-corrected chi connectivity index (χ1v) is 12.2. The molecule has 2 atom stereocenters. The average molecular weight is 471 g/mol. The highest BCUT2D eigenvalue weighted by molar-refractivity contribution is 8.01. The molecular weight excluding hydrogens is 444 g/mol. The van der Waals surface area contributed by atoms with Crippen molar-refractivity contribution in [3.8, 4) is 28.5 Å². The van der Waals surface area contributed by atoms with Crippen LogP contribution in [0.5, 0.6) is 17.2 Å². The van der Waals surface area contributed by atoms with E-state index in [4.69, 9.17) is 9.72 Å². The van der Waals surface area contributed by atoms with Crippen LogP contribution in [0, 0.1) is 6.92 Å². The number of phenolic OH excluding ortho intramolecular Hbond substituents is 2. The zero-order valence-corrected chi connectivity index (χ0v) is 20.3. The number of carbonyl (C=O) groups excluding carboxylic acids is 1. The summed E-state index contributed by atoms with van der Waals surface area (Å²) in [5.74, 6) is 0.899. The van der Waals surface area contributed by atoms with Gasteiger partial charge in [-0.05, 0) is 60.7 Å². The van der Waals surface area contributed by atoms with Gasteiger partial charge in [-0.25, -0.2) is 4.98 Å². The van der Waals surface area contributed by atoms with Crippen molar-refractivity contribution in [1.82, 2.24) is 4.98 Å². The Bertz CT molecular complexity index is 1170. The van der Waals surface area contributed by atoms with Crippen molar-refractivity contribution < 1.29 is 19.7 Å². The molecule has 3 aromatic rings. The maximum atomic E-state index is 13.1. The van der Waals surface area contributed by atoms with Crippen molar-refractivity contribution in [1.29, 1.82) is 0 Å². The van der Waals surface area contributed by atoms with Crippen LogP contribution in [-0.2, 0) is 4.79 Å². The van der Waals surface area contributed by atoms with Crippen LogP contribution in [0.25, 0.3) is 11.3 Å². The summed E-state index contributed by atoms with van der Waals surface area (Å²) in [6, 6.07) is 8.91. The number of methoxy groups -OCH3 is 1. The first-order valence-electron chi connectivity index (χ1n) is 10.4. The molecule has 0 radical (unpaired) electrons. The standard InChI is InChI=1S/C24H26N2O4S2/c1-12(2)16-10-17(13(3)8-20(16)28)18-11-31-24(25-18)26-22(29)14(4)32-23(26)15-6-7-19(27)21(9-15)30-5/h6-12,14,23,27-28H,1-5H3. The van der Waals surface area contributed by atoms with Crippen LogP contribution >= 0.6 is 23.1 Å². The number of nitrogens with zero attached hydrogens (tertiary/aromatic N) is 2. The SMILES string of the molecule is COc1cc(C2SC(C)C(=O)N2c2nc(-c3cc(C(C)C)c(O)cc3C)cs2)ccc1O. The van der Waals surface area contributed by atoms with E-state index in [9.17, 15) is 15.0 Å². The summed E-state index contributed by atoms with van der Waals surface area (Å²) in [6.07, 6.45) is 0. The Morgan fingerprint density at radius 1 is 1.16 bits per heavy atom. The maximum absolute atomic E-state index is 13.1. The van der Waals surface area contributed by atoms with E-state index in [1.54, 1.807) is 40.9 Å². The Hall–Kier alpha value is -2.71. The van der Waals surface area contributed by atoms with Gasteiger partial charge in [-0.15, -0.1) is 23.1 Å². The molecule has 32 heavy (non-hydrogen) atoms. The summed E-state index contributed by atoms with van der Waals surface area (Å²) in [5, 5.41) is 22.4. The summed E-state index contributed by atoms with van der Waals surface area (Å²) >= 11 is 2.97. The highest BCUT2D eigenvalue weighted by atomic mass is 32.2. The van der Waals surface area contributed by atoms with Gasteiger partial charge in [-0.2, -0.15) is 0 Å². The molecule has 2 aromatic carbocycles. The normalized spacial score (nSPS) is 18.6. The fourth-order valence-corrected chi connectivity index (χ4v) is 6.01. The molecule has 1 aliphatic rings. The van der Waals surface area contributed by atoms with Crippen molar-refractivity contribution in [2.24, 2.45) is 0 Å². The average Bonchev–Trinajstić information content (AvgIpc) is 3.33. The number of hydrogen-bond acceptors (Lipinski definition) is 7. The molecule has 0 bridgehead atoms. The van der Waals surface area contributed by atoms with E-state index in [1.807, 2.05) is 39.1 Å². The van der Waals surface area contributed by atoms with Crippen molar-refractivity contribution in [3.05, 3.63) is 52.4 Å². The third-order valence-electron chi connectivity index (χ3n) is 5.61. The van der Waals surface area contributed by atoms with Gasteiger partial charge in [-0.1, -0.05) is 19.9 Å². The number of aromatic nitrogens is 1. The lowest BCUT2D eigenvalue weighted by molar-refractivity contribution is -0.117. The number of carbonyl (C=O) groups is 1. The maximum Gasteiger partial charge on any atom is 0.242 e. The van der Waals surface area contributed by atoms with Gasteiger partial charge in [0.15, 0.2) is 16.6 Å². The van der Waals surface area contributed by atoms with Gasteiger partial charge in [0, 0.05) is 10.9 Å². The highest BCUT2D eigenvalue weighted by Gasteiger charge is 2.41. The van der Waals surface area contributed by atoms with Gasteiger partial charge in [0.05, 0.1) is 18.1 Å². The number of aromatic hydroxyl groups is 2. The second-order valence-corrected chi connectivity index (χ2v) is 10.4. The number of benzene rings is 2. The molecule has 2 heterocycles. The summed E-state index contributed by atoms with van der Waals surface area (Å²) in [6.45, 7) is 7.92. The molecule has 1 aliphatic heterocycles. The minimum Gasteiger partial charge on any atom is -0.508 e. The first kappa shape index (κ1) is 22.5. The van der Waals surface area contributed by atoms with Gasteiger partial charge in [0.1, 0.15) is 11.1 Å². The molecule has 6 nitrogen and oxygen atoms in total. The third-order valence-corrected chi connectivity index (χ3v) is 7.80. The number of ether oxygens (including phenoxy) is 1. The zero-order valence-electron chi connectivity index (χ0n) is 18.6. The van der Waals surface area contributed by atoms with Gasteiger partial charge < -0.3 is 14.9 Å². The Labute approximate surface area is 195 Å². The van der Waals surface area contributed by atoms with Crippen LogP contribution in [0.15, 0.2) is 35.7 Å². The molecule has 4 rings (SSSR count). The molecule has 0 spiro atoms. The van der Waals surface area contributed by atoms with Crippen LogP contribution in [-0.4, -0.2) is 33.5 Å². The van der Waals surface area contributed by atoms with Gasteiger partial charge >= 0.3 is 0 Å². The molecule has 1 fully saturated rings. The van der Waals surface area contributed by atoms with Gasteiger partial charge in [0.2, 0.25) is 5.91 Å². The summed E-state index contributed by atoms with van der Waals surface area (Å²) in [4.78, 5) is 19.6. The molecule has 0 saturated carbocycles. The minimum atomic E-state index is -0.266. The number of thiazole rings is 1. The molecule has 2 N–H and O–H groups in total. The molecule has 1 aromatic heterocycles. The smallest absolute Gasteiger partial charge is 0.242 e. The highest BCUT2D eigenvalue weighted by Crippen LogP contribution is 2.48. The van der Waals surface area contributed by atoms with Crippen LogP contribution in [0.4, 0.5) is 5.13 Å². The van der Waals surface area contributed by atoms with Gasteiger partial charge in [0.25, 0.3) is 0 Å². The minimum absolute atomic E-state index is 0.00163. The fraction of sp³-hybridized carbons (Fsp3) is 0.333. The summed E-state index contributed by atoms with van der Waals surface area (Å²) in [5.41, 5.74) is 4.39. The Balaban J connectivity index is 1.74. The lowest BCUT2D eigenvalue weighted by Crippen LogP contribution is -2.30. The predicted octanol–water partition coefficient (Wildman–Crippen LogP) is 5.83. The molecule has 1 amide bonds. The second kappa shape index (κ2) is 8.67. The van der Waals surface area contributed by atoms with E-state index >= 15 is 0 Å². The van der Waals surface area contributed by atoms with Crippen molar-refractivity contribution in [2.75, 3.05) is 12.0 Å². The Kier molecular flexibility index (Phi) is 6.09. The van der Waals surface area contributed by atoms with Crippen molar-refractivity contribution in [3.63, 3.8) is 0 Å². The number of hydrogen-bond donors (Lipinski definition) is 2. The predicted molar refractivity (Wildman–Crippen MR) is 130 cm³/mol. The van der Waals surface area contributed by atoms with Crippen LogP contribution < -0.4 is 9.64 Å². The quantitative estimate of drug-likeness (QED) is 0.488. The number of aryl methyl sites for hydroxylation is 1. The lowest BCUT2D eigenvalue weighted by Gasteiger charge is -2.22. The first-order chi connectivity index (χ1) is 15.2. The number of thioether (sulfide) groups is 1. The van der Waals surface area contributed by atoms with E-state index < -0.39 is 0 Å². The van der Waals surface area contributed by atoms with Crippen molar-refractivity contribution >= 4 is 34.1 Å². The molecular formula is C24H26N2O4S2. The van der Waals surface area contributed by atoms with Crippen LogP contribution in [0.2, 0.25) is 0 Å². The van der Waals surface area contributed by atoms with Gasteiger partial charge in [-0.3, -0.25) is 9.69 Å². The number of amides is 1. The van der Waals surface area contributed by atoms with Crippen LogP contribution in [0.3, 0.4) is 0 Å². The number of phenols is 2. The van der Waals surface area contributed by atoms with Crippen LogP contribution in [0.1, 0.15) is 48.8 Å². The van der Waals surface area contributed by atoms with E-state index in [0.29, 0.717) is 10.9 Å². The number of rotatable bonds is 5. The monoisotopic (exact) mass is 470 g/mol. The van der Waals surface area contributed by atoms with Crippen molar-refractivity contribution in [2.45, 2.75) is 44.2 Å². The molecule has 8 heteroatoms. The Morgan fingerprint density at radius 3 is 2.59 bits per heavy atom. The second-order valence-electron chi connectivity index (χ2n) is 8.17. The molecule has 168 valence electrons. The zero-order chi connectivity index (χ0) is 23.2. The largest absolute Gasteiger partial charge is 0.508 e. The van der Waals surface area contributed by atoms with E-state index in [1.165, 1.54) is 18.4 Å². The summed E-state index contributed by atoms with van der Waals surface area (Å²) in [7, 11) is 1.50. The van der Waals surface area contributed by atoms with E-state index in [-0.39, 0.29) is 33.9 Å². The fourth-order valence-electron chi connectivity index (χ4n) is 3.84. The molecule has 1 saturated heterocycles. The van der Waals surface area contributed by atoms with E-state index in [2.05, 4.69) is 0 Å². The molecule has 0 aliphatic carbocycles. The number of anilines is 1. The summed E-state index contributed by atoms with van der Waals surface area (Å²) < 4.78 is 5.26. The topological polar surface area (TPSA) is 82.9 Å². The third kappa shape index (κ3) is 3.93. The lowest BCUT2D eigenvalue weighted by atomic mass is 9.95. The Morgan fingerprint density at radius 2 is 1.91 bits per heavy atom. The molecule has 2 unspecified atom stereocenters.